The van der Waals surface area contributed by atoms with E-state index in [1.54, 1.807) is 7.11 Å². The standard InChI is InChI=1S/C25H30N2O3.H2/c1-24(2,3)22-16-17-15-19(7-10-21(17)27-22)26-23(28)25(11-13-30-14-12-25)18-5-8-20(29-4)9-6-18;/h5-10,15-16,27H,11-14H2,1-4H3,(H,26,28);1H. The lowest BCUT2D eigenvalue weighted by Crippen LogP contribution is -2.44. The number of hydrogen-bond acceptors (Lipinski definition) is 3. The van der Waals surface area contributed by atoms with Gasteiger partial charge in [-0.1, -0.05) is 32.9 Å². The number of carbonyl (C=O) groups is 1. The number of methoxy groups -OCH3 is 1. The molecule has 2 heterocycles. The molecule has 1 aromatic heterocycles. The number of H-pyrrole nitrogens is 1. The number of hydrogen-bond donors (Lipinski definition) is 2. The summed E-state index contributed by atoms with van der Waals surface area (Å²) in [4.78, 5) is 17.0. The van der Waals surface area contributed by atoms with E-state index in [4.69, 9.17) is 9.47 Å². The van der Waals surface area contributed by atoms with Crippen molar-refractivity contribution < 1.29 is 15.7 Å². The topological polar surface area (TPSA) is 63.3 Å². The molecule has 4 rings (SSSR count). The van der Waals surface area contributed by atoms with E-state index in [-0.39, 0.29) is 12.7 Å². The molecule has 1 amide bonds. The molecule has 3 aromatic rings. The van der Waals surface area contributed by atoms with Crippen molar-refractivity contribution in [2.24, 2.45) is 0 Å². The third kappa shape index (κ3) is 3.82. The van der Waals surface area contributed by atoms with Gasteiger partial charge in [0.15, 0.2) is 0 Å². The molecule has 0 aliphatic carbocycles. The minimum atomic E-state index is -0.603. The van der Waals surface area contributed by atoms with Crippen LogP contribution in [0.2, 0.25) is 0 Å². The fraction of sp³-hybridized carbons (Fsp3) is 0.400. The summed E-state index contributed by atoms with van der Waals surface area (Å²) in [6.45, 7) is 7.70. The third-order valence-electron chi connectivity index (χ3n) is 6.11. The van der Waals surface area contributed by atoms with E-state index >= 15 is 0 Å². The predicted octanol–water partition coefficient (Wildman–Crippen LogP) is 5.41. The molecule has 0 atom stereocenters. The fourth-order valence-corrected chi connectivity index (χ4v) is 4.14. The quantitative estimate of drug-likeness (QED) is 0.607. The van der Waals surface area contributed by atoms with Crippen LogP contribution in [0.15, 0.2) is 48.5 Å². The first-order chi connectivity index (χ1) is 14.3. The molecule has 0 radical (unpaired) electrons. The monoisotopic (exact) mass is 408 g/mol. The molecule has 1 aliphatic rings. The highest BCUT2D eigenvalue weighted by Gasteiger charge is 2.41. The molecule has 0 bridgehead atoms. The van der Waals surface area contributed by atoms with Gasteiger partial charge in [0.2, 0.25) is 5.91 Å². The molecule has 1 saturated heterocycles. The van der Waals surface area contributed by atoms with E-state index in [9.17, 15) is 4.79 Å². The molecule has 1 fully saturated rings. The van der Waals surface area contributed by atoms with Crippen LogP contribution in [0.25, 0.3) is 10.9 Å². The van der Waals surface area contributed by atoms with Crippen molar-refractivity contribution >= 4 is 22.5 Å². The summed E-state index contributed by atoms with van der Waals surface area (Å²) >= 11 is 0. The van der Waals surface area contributed by atoms with Gasteiger partial charge in [-0.2, -0.15) is 0 Å². The van der Waals surface area contributed by atoms with E-state index in [1.807, 2.05) is 42.5 Å². The number of aromatic nitrogens is 1. The number of fused-ring (bicyclic) bond motifs is 1. The Morgan fingerprint density at radius 2 is 1.80 bits per heavy atom. The Morgan fingerprint density at radius 1 is 1.10 bits per heavy atom. The second-order valence-electron chi connectivity index (χ2n) is 9.11. The van der Waals surface area contributed by atoms with Gasteiger partial charge in [0.25, 0.3) is 0 Å². The number of amides is 1. The number of carbonyl (C=O) groups excluding carboxylic acids is 1. The fourth-order valence-electron chi connectivity index (χ4n) is 4.14. The minimum absolute atomic E-state index is 0. The second kappa shape index (κ2) is 7.80. The zero-order valence-electron chi connectivity index (χ0n) is 18.2. The Morgan fingerprint density at radius 3 is 2.43 bits per heavy atom. The average molecular weight is 409 g/mol. The van der Waals surface area contributed by atoms with Crippen molar-refractivity contribution in [3.8, 4) is 5.75 Å². The zero-order chi connectivity index (χ0) is 21.4. The van der Waals surface area contributed by atoms with Crippen molar-refractivity contribution in [2.45, 2.75) is 44.4 Å². The van der Waals surface area contributed by atoms with Crippen LogP contribution in [-0.2, 0) is 20.4 Å². The highest BCUT2D eigenvalue weighted by atomic mass is 16.5. The van der Waals surface area contributed by atoms with Crippen LogP contribution in [0.5, 0.6) is 5.75 Å². The Labute approximate surface area is 179 Å². The minimum Gasteiger partial charge on any atom is -0.497 e. The molecule has 160 valence electrons. The summed E-state index contributed by atoms with van der Waals surface area (Å²) < 4.78 is 10.9. The van der Waals surface area contributed by atoms with Crippen LogP contribution in [0.1, 0.15) is 46.3 Å². The lowest BCUT2D eigenvalue weighted by Gasteiger charge is -2.36. The van der Waals surface area contributed by atoms with Crippen LogP contribution < -0.4 is 10.1 Å². The molecule has 5 nitrogen and oxygen atoms in total. The van der Waals surface area contributed by atoms with Gasteiger partial charge in [-0.05, 0) is 54.8 Å². The average Bonchev–Trinajstić information content (AvgIpc) is 3.18. The lowest BCUT2D eigenvalue weighted by molar-refractivity contribution is -0.125. The second-order valence-corrected chi connectivity index (χ2v) is 9.11. The van der Waals surface area contributed by atoms with Gasteiger partial charge in [-0.25, -0.2) is 0 Å². The van der Waals surface area contributed by atoms with Crippen molar-refractivity contribution in [3.05, 3.63) is 59.8 Å². The van der Waals surface area contributed by atoms with Crippen LogP contribution in [0.3, 0.4) is 0 Å². The largest absolute Gasteiger partial charge is 0.497 e. The SMILES string of the molecule is COc1ccc(C2(C(=O)Nc3ccc4[nH]c(C(C)(C)C)cc4c3)CCOCC2)cc1.[HH]. The molecule has 0 saturated carbocycles. The van der Waals surface area contributed by atoms with Gasteiger partial charge < -0.3 is 19.8 Å². The number of benzene rings is 2. The Kier molecular flexibility index (Phi) is 5.33. The van der Waals surface area contributed by atoms with Crippen LogP contribution in [0.4, 0.5) is 5.69 Å². The lowest BCUT2D eigenvalue weighted by atomic mass is 9.73. The summed E-state index contributed by atoms with van der Waals surface area (Å²) in [5.74, 6) is 0.802. The van der Waals surface area contributed by atoms with Crippen LogP contribution in [-0.4, -0.2) is 31.2 Å². The van der Waals surface area contributed by atoms with E-state index in [0.29, 0.717) is 26.1 Å². The first kappa shape index (κ1) is 20.5. The van der Waals surface area contributed by atoms with Gasteiger partial charge in [0, 0.05) is 42.3 Å². The first-order valence-electron chi connectivity index (χ1n) is 10.5. The Bertz CT molecular complexity index is 1040. The summed E-state index contributed by atoms with van der Waals surface area (Å²) in [6.07, 6.45) is 1.32. The molecule has 0 unspecified atom stereocenters. The normalized spacial score (nSPS) is 16.4. The molecule has 0 spiro atoms. The molecule has 2 N–H and O–H groups in total. The predicted molar refractivity (Wildman–Crippen MR) is 122 cm³/mol. The molecular formula is C25H32N2O3. The maximum atomic E-state index is 13.5. The number of rotatable bonds is 4. The number of nitrogens with one attached hydrogen (secondary N) is 2. The Balaban J connectivity index is 0.00000272. The van der Waals surface area contributed by atoms with Crippen LogP contribution in [0, 0.1) is 0 Å². The van der Waals surface area contributed by atoms with E-state index < -0.39 is 5.41 Å². The van der Waals surface area contributed by atoms with Crippen molar-refractivity contribution in [1.82, 2.24) is 4.98 Å². The van der Waals surface area contributed by atoms with E-state index in [0.717, 1.165) is 27.9 Å². The number of aromatic amines is 1. The van der Waals surface area contributed by atoms with E-state index in [1.165, 1.54) is 5.69 Å². The summed E-state index contributed by atoms with van der Waals surface area (Å²) in [5.41, 5.74) is 3.51. The highest BCUT2D eigenvalue weighted by molar-refractivity contribution is 6.00. The summed E-state index contributed by atoms with van der Waals surface area (Å²) in [5, 5.41) is 4.28. The number of anilines is 1. The molecule has 30 heavy (non-hydrogen) atoms. The van der Waals surface area contributed by atoms with Crippen LogP contribution >= 0.6 is 0 Å². The van der Waals surface area contributed by atoms with Crippen molar-refractivity contribution in [1.29, 1.82) is 0 Å². The highest BCUT2D eigenvalue weighted by Crippen LogP contribution is 2.37. The molecule has 5 heteroatoms. The molecule has 1 aliphatic heterocycles. The molecule has 2 aromatic carbocycles. The van der Waals surface area contributed by atoms with Crippen molar-refractivity contribution in [2.75, 3.05) is 25.6 Å². The van der Waals surface area contributed by atoms with Gasteiger partial charge in [-0.15, -0.1) is 0 Å². The maximum absolute atomic E-state index is 13.5. The van der Waals surface area contributed by atoms with Gasteiger partial charge in [0.05, 0.1) is 12.5 Å². The Hall–Kier alpha value is -2.79. The number of ether oxygens (including phenoxy) is 2. The van der Waals surface area contributed by atoms with E-state index in [2.05, 4.69) is 37.1 Å². The maximum Gasteiger partial charge on any atom is 0.235 e. The summed E-state index contributed by atoms with van der Waals surface area (Å²) in [7, 11) is 1.65. The van der Waals surface area contributed by atoms with Gasteiger partial charge in [-0.3, -0.25) is 4.79 Å². The first-order valence-corrected chi connectivity index (χ1v) is 10.5. The summed E-state index contributed by atoms with van der Waals surface area (Å²) in [6, 6.07) is 16.0. The van der Waals surface area contributed by atoms with Gasteiger partial charge >= 0.3 is 0 Å². The zero-order valence-corrected chi connectivity index (χ0v) is 18.2. The smallest absolute Gasteiger partial charge is 0.235 e. The van der Waals surface area contributed by atoms with Crippen molar-refractivity contribution in [3.63, 3.8) is 0 Å². The molecular weight excluding hydrogens is 376 g/mol. The third-order valence-corrected chi connectivity index (χ3v) is 6.11. The van der Waals surface area contributed by atoms with Gasteiger partial charge in [0.1, 0.15) is 5.75 Å².